The van der Waals surface area contributed by atoms with E-state index in [-0.39, 0.29) is 10.8 Å². The number of alkyl halides is 3. The number of rotatable bonds is 3. The maximum absolute atomic E-state index is 12.7. The Morgan fingerprint density at radius 2 is 2.00 bits per heavy atom. The summed E-state index contributed by atoms with van der Waals surface area (Å²) >= 11 is 7.69. The molecule has 0 aliphatic carbocycles. The molecule has 11 heteroatoms. The lowest BCUT2D eigenvalue weighted by Crippen LogP contribution is -2.16. The van der Waals surface area contributed by atoms with Crippen molar-refractivity contribution in [2.75, 3.05) is 0 Å². The third kappa shape index (κ3) is 3.61. The van der Waals surface area contributed by atoms with Crippen molar-refractivity contribution in [3.05, 3.63) is 38.7 Å². The Balaban J connectivity index is 2.39. The van der Waals surface area contributed by atoms with Gasteiger partial charge < -0.3 is 4.18 Å². The van der Waals surface area contributed by atoms with Crippen LogP contribution in [0.3, 0.4) is 0 Å². The second kappa shape index (κ2) is 5.65. The van der Waals surface area contributed by atoms with Crippen LogP contribution in [-0.4, -0.2) is 18.6 Å². The molecule has 2 aromatic rings. The summed E-state index contributed by atoms with van der Waals surface area (Å²) < 4.78 is 67.0. The van der Waals surface area contributed by atoms with Crippen LogP contribution in [0.2, 0.25) is 5.02 Å². The maximum Gasteiger partial charge on any atom is 0.434 e. The monoisotopic (exact) mass is 452 g/mol. The first-order chi connectivity index (χ1) is 9.61. The molecule has 0 bridgehead atoms. The van der Waals surface area contributed by atoms with Gasteiger partial charge in [-0.05, 0) is 34.7 Å². The molecule has 0 aliphatic rings. The Morgan fingerprint density at radius 3 is 2.57 bits per heavy atom. The van der Waals surface area contributed by atoms with Gasteiger partial charge in [-0.15, -0.1) is 0 Å². The van der Waals surface area contributed by atoms with Gasteiger partial charge in [0.2, 0.25) is 0 Å². The van der Waals surface area contributed by atoms with E-state index in [1.807, 2.05) is 22.6 Å². The zero-order valence-corrected chi connectivity index (χ0v) is 13.5. The van der Waals surface area contributed by atoms with Gasteiger partial charge in [-0.3, -0.25) is 5.10 Å². The molecule has 1 aromatic heterocycles. The number of hydrogen-bond acceptors (Lipinski definition) is 4. The van der Waals surface area contributed by atoms with Crippen molar-refractivity contribution < 1.29 is 25.8 Å². The van der Waals surface area contributed by atoms with E-state index in [9.17, 15) is 21.6 Å². The minimum atomic E-state index is -4.90. The Morgan fingerprint density at radius 1 is 1.33 bits per heavy atom. The molecule has 1 aromatic carbocycles. The van der Waals surface area contributed by atoms with Crippen LogP contribution in [0.25, 0.3) is 0 Å². The molecule has 2 rings (SSSR count). The van der Waals surface area contributed by atoms with E-state index in [1.165, 1.54) is 18.2 Å². The Kier molecular flexibility index (Phi) is 4.40. The van der Waals surface area contributed by atoms with Gasteiger partial charge in [0.25, 0.3) is 0 Å². The fraction of sp³-hybridized carbons (Fsp3) is 0.100. The van der Waals surface area contributed by atoms with Crippen LogP contribution in [-0.2, 0) is 16.3 Å². The predicted octanol–water partition coefficient (Wildman–Crippen LogP) is 3.45. The van der Waals surface area contributed by atoms with E-state index in [4.69, 9.17) is 11.6 Å². The van der Waals surface area contributed by atoms with Crippen molar-refractivity contribution in [3.8, 4) is 5.75 Å². The number of aromatic nitrogens is 2. The smallest absolute Gasteiger partial charge is 0.379 e. The highest BCUT2D eigenvalue weighted by atomic mass is 127. The number of aromatic amines is 1. The summed E-state index contributed by atoms with van der Waals surface area (Å²) in [5, 5.41) is 4.91. The number of H-pyrrole nitrogens is 1. The summed E-state index contributed by atoms with van der Waals surface area (Å²) in [7, 11) is -4.69. The molecular formula is C10H5ClF3IN2O3S. The molecule has 114 valence electrons. The molecule has 1 heterocycles. The van der Waals surface area contributed by atoms with Gasteiger partial charge in [0.1, 0.15) is 5.75 Å². The third-order valence-electron chi connectivity index (χ3n) is 2.25. The molecule has 0 fully saturated rings. The van der Waals surface area contributed by atoms with Crippen LogP contribution in [0.4, 0.5) is 13.2 Å². The molecule has 0 saturated carbocycles. The fourth-order valence-electron chi connectivity index (χ4n) is 1.37. The molecule has 0 unspecified atom stereocenters. The standard InChI is InChI=1S/C10H5ClF3IN2O3S/c11-6-3-5(1-2-7(6)15)20-21(18,19)8-4-16-17-9(8)10(12,13)14/h1-4H,(H,16,17). The van der Waals surface area contributed by atoms with Crippen molar-refractivity contribution in [2.45, 2.75) is 11.1 Å². The normalized spacial score (nSPS) is 12.4. The van der Waals surface area contributed by atoms with Crippen molar-refractivity contribution in [3.63, 3.8) is 0 Å². The number of nitrogens with one attached hydrogen (secondary N) is 1. The SMILES string of the molecule is O=S(=O)(Oc1ccc(I)c(Cl)c1)c1cn[nH]c1C(F)(F)F. The van der Waals surface area contributed by atoms with Gasteiger partial charge in [-0.2, -0.15) is 26.7 Å². The van der Waals surface area contributed by atoms with Gasteiger partial charge in [0.15, 0.2) is 10.6 Å². The third-order valence-corrected chi connectivity index (χ3v) is 5.09. The summed E-state index contributed by atoms with van der Waals surface area (Å²) in [6, 6.07) is 3.93. The summed E-state index contributed by atoms with van der Waals surface area (Å²) in [4.78, 5) is -1.09. The highest BCUT2D eigenvalue weighted by Gasteiger charge is 2.40. The Hall–Kier alpha value is -1.01. The zero-order valence-electron chi connectivity index (χ0n) is 9.78. The lowest BCUT2D eigenvalue weighted by molar-refractivity contribution is -0.143. The molecular weight excluding hydrogens is 448 g/mol. The quantitative estimate of drug-likeness (QED) is 0.572. The van der Waals surface area contributed by atoms with E-state index in [2.05, 4.69) is 9.28 Å². The topological polar surface area (TPSA) is 72.1 Å². The van der Waals surface area contributed by atoms with Crippen molar-refractivity contribution >= 4 is 44.3 Å². The minimum Gasteiger partial charge on any atom is -0.379 e. The van der Waals surface area contributed by atoms with Crippen molar-refractivity contribution in [1.29, 1.82) is 0 Å². The summed E-state index contributed by atoms with van der Waals surface area (Å²) in [5.74, 6) is -0.199. The predicted molar refractivity (Wildman–Crippen MR) is 75.6 cm³/mol. The number of hydrogen-bond donors (Lipinski definition) is 1. The van der Waals surface area contributed by atoms with Crippen LogP contribution < -0.4 is 4.18 Å². The molecule has 0 radical (unpaired) electrons. The van der Waals surface area contributed by atoms with E-state index in [1.54, 1.807) is 5.10 Å². The lowest BCUT2D eigenvalue weighted by atomic mass is 10.3. The summed E-state index contributed by atoms with van der Waals surface area (Å²) in [6.45, 7) is 0. The molecule has 0 aliphatic heterocycles. The first-order valence-electron chi connectivity index (χ1n) is 5.11. The first kappa shape index (κ1) is 16.4. The van der Waals surface area contributed by atoms with Crippen LogP contribution in [0.15, 0.2) is 29.3 Å². The first-order valence-corrected chi connectivity index (χ1v) is 7.98. The molecule has 0 amide bonds. The Bertz CT molecular complexity index is 776. The van der Waals surface area contributed by atoms with Crippen LogP contribution in [0.5, 0.6) is 5.75 Å². The largest absolute Gasteiger partial charge is 0.434 e. The minimum absolute atomic E-state index is 0.199. The van der Waals surface area contributed by atoms with Gasteiger partial charge in [-0.25, -0.2) is 0 Å². The molecule has 0 atom stereocenters. The average molecular weight is 453 g/mol. The fourth-order valence-corrected chi connectivity index (χ4v) is 2.91. The molecule has 5 nitrogen and oxygen atoms in total. The van der Waals surface area contributed by atoms with Gasteiger partial charge >= 0.3 is 16.3 Å². The van der Waals surface area contributed by atoms with Crippen LogP contribution >= 0.6 is 34.2 Å². The van der Waals surface area contributed by atoms with Gasteiger partial charge in [0.05, 0.1) is 11.2 Å². The second-order valence-corrected chi connectivity index (χ2v) is 6.80. The number of halogens is 5. The highest BCUT2D eigenvalue weighted by molar-refractivity contribution is 14.1. The maximum atomic E-state index is 12.7. The van der Waals surface area contributed by atoms with E-state index >= 15 is 0 Å². The summed E-state index contributed by atoms with van der Waals surface area (Å²) in [6.07, 6.45) is -4.36. The van der Waals surface area contributed by atoms with Gasteiger partial charge in [0, 0.05) is 9.64 Å². The van der Waals surface area contributed by atoms with Gasteiger partial charge in [-0.1, -0.05) is 11.6 Å². The number of benzene rings is 1. The number of nitrogens with zero attached hydrogens (tertiary/aromatic N) is 1. The zero-order chi connectivity index (χ0) is 15.8. The lowest BCUT2D eigenvalue weighted by Gasteiger charge is -2.09. The second-order valence-electron chi connectivity index (χ2n) is 3.72. The molecule has 1 N–H and O–H groups in total. The van der Waals surface area contributed by atoms with E-state index in [0.29, 0.717) is 9.77 Å². The summed E-state index contributed by atoms with van der Waals surface area (Å²) in [5.41, 5.74) is -1.50. The molecule has 21 heavy (non-hydrogen) atoms. The van der Waals surface area contributed by atoms with Crippen LogP contribution in [0.1, 0.15) is 5.69 Å². The van der Waals surface area contributed by atoms with Crippen LogP contribution in [0, 0.1) is 3.57 Å². The molecule has 0 saturated heterocycles. The highest BCUT2D eigenvalue weighted by Crippen LogP contribution is 2.33. The Labute approximate surface area is 135 Å². The molecule has 0 spiro atoms. The van der Waals surface area contributed by atoms with Crippen molar-refractivity contribution in [2.24, 2.45) is 0 Å². The van der Waals surface area contributed by atoms with Crippen molar-refractivity contribution in [1.82, 2.24) is 10.2 Å². The average Bonchev–Trinajstić information content (AvgIpc) is 2.83. The van der Waals surface area contributed by atoms with E-state index in [0.717, 1.165) is 0 Å². The van der Waals surface area contributed by atoms with E-state index < -0.39 is 26.9 Å².